The average molecular weight is 680 g/mol. The third kappa shape index (κ3) is 9.07. The molecule has 2 fully saturated rings. The van der Waals surface area contributed by atoms with Gasteiger partial charge in [0, 0.05) is 63.5 Å². The zero-order chi connectivity index (χ0) is 34.4. The monoisotopic (exact) mass is 679 g/mol. The van der Waals surface area contributed by atoms with Crippen molar-refractivity contribution in [1.82, 2.24) is 4.90 Å². The highest BCUT2D eigenvalue weighted by molar-refractivity contribution is 7.15. The van der Waals surface area contributed by atoms with Gasteiger partial charge in [-0.2, -0.15) is 0 Å². The molecule has 2 aliphatic heterocycles. The number of hydrogen-bond acceptors (Lipinski definition) is 12. The lowest BCUT2D eigenvalue weighted by molar-refractivity contribution is -0.298. The Morgan fingerprint density at radius 1 is 0.792 bits per heavy atom. The molecule has 3 aromatic rings. The minimum atomic E-state index is -1.43. The van der Waals surface area contributed by atoms with Crippen molar-refractivity contribution >= 4 is 35.2 Å². The van der Waals surface area contributed by atoms with Gasteiger partial charge in [0.15, 0.2) is 12.2 Å². The number of hydrogen-bond donors (Lipinski definition) is 0. The average Bonchev–Trinajstić information content (AvgIpc) is 3.49. The molecule has 0 N–H and O–H groups in total. The maximum Gasteiger partial charge on any atom is 0.305 e. The lowest BCUT2D eigenvalue weighted by Crippen LogP contribution is -2.59. The van der Waals surface area contributed by atoms with E-state index >= 15 is 0 Å². The molecule has 11 nitrogen and oxygen atoms in total. The minimum absolute atomic E-state index is 0.602. The quantitative estimate of drug-likeness (QED) is 0.215. The molecule has 2 aliphatic rings. The Morgan fingerprint density at radius 3 is 2.15 bits per heavy atom. The number of nitrogens with zero attached hydrogens (tertiary/aromatic N) is 1. The molecule has 256 valence electrons. The molecule has 12 heteroatoms. The van der Waals surface area contributed by atoms with Gasteiger partial charge in [-0.25, -0.2) is 0 Å². The molecule has 0 saturated carbocycles. The summed E-state index contributed by atoms with van der Waals surface area (Å²) >= 11 is 1.72. The highest BCUT2D eigenvalue weighted by atomic mass is 32.1. The molecule has 1 unspecified atom stereocenters. The SMILES string of the molecule is CC(=O)O[C@H]1OC(c2ccc(C)c(Cc3ccc(-c4cccc(CN5CCOCC5)c4)s3)c2)[C@H](OC(C)=O)[C@@H](OC(C)=O)[C@@H]1OC(C)=O. The van der Waals surface area contributed by atoms with E-state index in [1.165, 1.54) is 26.3 Å². The van der Waals surface area contributed by atoms with Crippen LogP contribution in [0.2, 0.25) is 0 Å². The van der Waals surface area contributed by atoms with Gasteiger partial charge in [-0.15, -0.1) is 11.3 Å². The second kappa shape index (κ2) is 15.9. The Balaban J connectivity index is 1.42. The Kier molecular flexibility index (Phi) is 11.6. The van der Waals surface area contributed by atoms with Crippen LogP contribution in [0.15, 0.2) is 54.6 Å². The van der Waals surface area contributed by atoms with Crippen molar-refractivity contribution in [1.29, 1.82) is 0 Å². The van der Waals surface area contributed by atoms with Crippen molar-refractivity contribution in [3.05, 3.63) is 81.7 Å². The van der Waals surface area contributed by atoms with Crippen LogP contribution >= 0.6 is 11.3 Å². The smallest absolute Gasteiger partial charge is 0.305 e. The highest BCUT2D eigenvalue weighted by Gasteiger charge is 2.53. The van der Waals surface area contributed by atoms with Gasteiger partial charge in [0.2, 0.25) is 12.4 Å². The lowest BCUT2D eigenvalue weighted by atomic mass is 9.90. The number of benzene rings is 2. The second-order valence-corrected chi connectivity index (χ2v) is 13.1. The topological polar surface area (TPSA) is 127 Å². The molecular formula is C36H41NO10S. The third-order valence-electron chi connectivity index (χ3n) is 8.13. The Morgan fingerprint density at radius 2 is 1.46 bits per heavy atom. The number of rotatable bonds is 10. The summed E-state index contributed by atoms with van der Waals surface area (Å²) in [5, 5.41) is 0. The molecule has 0 amide bonds. The van der Waals surface area contributed by atoms with Gasteiger partial charge in [0.1, 0.15) is 6.10 Å². The van der Waals surface area contributed by atoms with Gasteiger partial charge >= 0.3 is 23.9 Å². The molecule has 5 atom stereocenters. The molecule has 5 rings (SSSR count). The van der Waals surface area contributed by atoms with Crippen molar-refractivity contribution in [3.8, 4) is 10.4 Å². The number of esters is 4. The first-order valence-electron chi connectivity index (χ1n) is 15.9. The van der Waals surface area contributed by atoms with E-state index < -0.39 is 54.6 Å². The molecule has 2 aromatic carbocycles. The van der Waals surface area contributed by atoms with Gasteiger partial charge < -0.3 is 28.4 Å². The van der Waals surface area contributed by atoms with Crippen LogP contribution in [0.5, 0.6) is 0 Å². The van der Waals surface area contributed by atoms with Crippen LogP contribution in [-0.2, 0) is 60.6 Å². The molecule has 48 heavy (non-hydrogen) atoms. The summed E-state index contributed by atoms with van der Waals surface area (Å²) in [5.41, 5.74) is 5.06. The maximum atomic E-state index is 12.3. The molecule has 0 bridgehead atoms. The summed E-state index contributed by atoms with van der Waals surface area (Å²) in [5.74, 6) is -2.80. The Labute approximate surface area is 284 Å². The van der Waals surface area contributed by atoms with Gasteiger partial charge in [-0.1, -0.05) is 36.4 Å². The van der Waals surface area contributed by atoms with Crippen LogP contribution in [0, 0.1) is 6.92 Å². The van der Waals surface area contributed by atoms with Crippen LogP contribution in [0.25, 0.3) is 10.4 Å². The zero-order valence-electron chi connectivity index (χ0n) is 27.8. The molecule has 1 aromatic heterocycles. The summed E-state index contributed by atoms with van der Waals surface area (Å²) in [4.78, 5) is 53.3. The predicted octanol–water partition coefficient (Wildman–Crippen LogP) is 4.90. The Hall–Kier alpha value is -4.10. The number of ether oxygens (including phenoxy) is 6. The zero-order valence-corrected chi connectivity index (χ0v) is 28.6. The van der Waals surface area contributed by atoms with Gasteiger partial charge in [0.05, 0.1) is 13.2 Å². The highest BCUT2D eigenvalue weighted by Crippen LogP contribution is 2.39. The van der Waals surface area contributed by atoms with Crippen molar-refractivity contribution in [2.24, 2.45) is 0 Å². The molecule has 0 aliphatic carbocycles. The van der Waals surface area contributed by atoms with Gasteiger partial charge in [-0.05, 0) is 52.9 Å². The van der Waals surface area contributed by atoms with E-state index in [0.717, 1.165) is 66.2 Å². The van der Waals surface area contributed by atoms with Crippen molar-refractivity contribution < 1.29 is 47.6 Å². The van der Waals surface area contributed by atoms with Crippen molar-refractivity contribution in [3.63, 3.8) is 0 Å². The van der Waals surface area contributed by atoms with E-state index in [0.29, 0.717) is 12.0 Å². The van der Waals surface area contributed by atoms with E-state index in [4.69, 9.17) is 28.4 Å². The molecule has 2 saturated heterocycles. The van der Waals surface area contributed by atoms with E-state index in [9.17, 15) is 19.2 Å². The normalized spacial score (nSPS) is 22.8. The fraction of sp³-hybridized carbons (Fsp3) is 0.444. The number of morpholine rings is 1. The molecule has 0 radical (unpaired) electrons. The lowest BCUT2D eigenvalue weighted by Gasteiger charge is -2.44. The summed E-state index contributed by atoms with van der Waals surface area (Å²) in [6.07, 6.45) is -5.74. The second-order valence-electron chi connectivity index (χ2n) is 12.0. The summed E-state index contributed by atoms with van der Waals surface area (Å²) in [6.45, 7) is 11.0. The number of aryl methyl sites for hydroxylation is 1. The van der Waals surface area contributed by atoms with Gasteiger partial charge in [0.25, 0.3) is 0 Å². The summed E-state index contributed by atoms with van der Waals surface area (Å²) in [7, 11) is 0. The maximum absolute atomic E-state index is 12.3. The van der Waals surface area contributed by atoms with Gasteiger partial charge in [-0.3, -0.25) is 24.1 Å². The molecular weight excluding hydrogens is 638 g/mol. The van der Waals surface area contributed by atoms with Crippen molar-refractivity contribution in [2.45, 2.75) is 78.3 Å². The largest absolute Gasteiger partial charge is 0.455 e. The number of carbonyl (C=O) groups excluding carboxylic acids is 4. The fourth-order valence-corrected chi connectivity index (χ4v) is 7.04. The van der Waals surface area contributed by atoms with E-state index in [1.54, 1.807) is 11.3 Å². The van der Waals surface area contributed by atoms with Crippen LogP contribution in [-0.4, -0.2) is 79.7 Å². The number of carbonyl (C=O) groups is 4. The third-order valence-corrected chi connectivity index (χ3v) is 9.27. The first-order valence-corrected chi connectivity index (χ1v) is 16.7. The van der Waals surface area contributed by atoms with Crippen molar-refractivity contribution in [2.75, 3.05) is 26.3 Å². The van der Waals surface area contributed by atoms with Crippen LogP contribution in [0.3, 0.4) is 0 Å². The van der Waals surface area contributed by atoms with E-state index in [2.05, 4.69) is 41.3 Å². The summed E-state index contributed by atoms with van der Waals surface area (Å²) < 4.78 is 33.7. The first-order chi connectivity index (χ1) is 23.0. The van der Waals surface area contributed by atoms with Crippen LogP contribution in [0.1, 0.15) is 60.9 Å². The molecule has 3 heterocycles. The summed E-state index contributed by atoms with van der Waals surface area (Å²) in [6, 6.07) is 18.6. The van der Waals surface area contributed by atoms with Crippen LogP contribution < -0.4 is 0 Å². The first kappa shape index (κ1) is 35.2. The van der Waals surface area contributed by atoms with E-state index in [-0.39, 0.29) is 0 Å². The Bertz CT molecular complexity index is 1630. The standard InChI is InChI=1S/C36H41NO10S/c1-21-9-10-28(32-33(43-22(2)38)34(44-23(3)39)35(45-24(4)40)36(47-32)46-25(5)41)18-29(21)19-30-11-12-31(48-30)27-8-6-7-26(17-27)20-37-13-15-42-16-14-37/h6-12,17-18,32-36H,13-16,19-20H2,1-5H3/t32?,33-,34+,35-,36-/m0/s1. The molecule has 0 spiro atoms. The van der Waals surface area contributed by atoms with E-state index in [1.807, 2.05) is 25.1 Å². The van der Waals surface area contributed by atoms with Crippen LogP contribution in [0.4, 0.5) is 0 Å². The number of thiophene rings is 1. The fourth-order valence-electron chi connectivity index (χ4n) is 6.02. The predicted molar refractivity (Wildman–Crippen MR) is 176 cm³/mol. The minimum Gasteiger partial charge on any atom is -0.455 e.